The van der Waals surface area contributed by atoms with E-state index in [1.807, 2.05) is 13.1 Å². The molecule has 1 aliphatic carbocycles. The van der Waals surface area contributed by atoms with Crippen molar-refractivity contribution in [1.29, 1.82) is 0 Å². The molecule has 4 heteroatoms. The summed E-state index contributed by atoms with van der Waals surface area (Å²) in [6.07, 6.45) is 5.02. The van der Waals surface area contributed by atoms with Gasteiger partial charge in [-0.1, -0.05) is 12.1 Å². The molecule has 2 aromatic rings. The van der Waals surface area contributed by atoms with Gasteiger partial charge in [0.25, 0.3) is 0 Å². The minimum absolute atomic E-state index is 0.286. The van der Waals surface area contributed by atoms with Crippen LogP contribution in [-0.2, 0) is 11.2 Å². The van der Waals surface area contributed by atoms with Gasteiger partial charge in [-0.2, -0.15) is 0 Å². The molecule has 1 aliphatic heterocycles. The Morgan fingerprint density at radius 3 is 3.00 bits per heavy atom. The SMILES string of the molecule is Cc1cc2c3c(c[nH]c3c1)CC1C2=CC(C(=O)O)CN1C. The highest BCUT2D eigenvalue weighted by Gasteiger charge is 2.35. The molecule has 0 saturated heterocycles. The van der Waals surface area contributed by atoms with Gasteiger partial charge in [-0.05, 0) is 48.7 Å². The first-order valence-electron chi connectivity index (χ1n) is 7.30. The number of aryl methyl sites for hydroxylation is 1. The number of fused-ring (bicyclic) bond motifs is 2. The van der Waals surface area contributed by atoms with Gasteiger partial charge in [0.2, 0.25) is 0 Å². The molecule has 2 aliphatic rings. The number of H-pyrrole nitrogens is 1. The number of rotatable bonds is 1. The van der Waals surface area contributed by atoms with E-state index in [0.717, 1.165) is 11.9 Å². The molecule has 1 aromatic heterocycles. The summed E-state index contributed by atoms with van der Waals surface area (Å²) < 4.78 is 0. The molecular formula is C17H18N2O2. The average molecular weight is 282 g/mol. The van der Waals surface area contributed by atoms with E-state index in [-0.39, 0.29) is 6.04 Å². The van der Waals surface area contributed by atoms with Gasteiger partial charge in [-0.3, -0.25) is 9.69 Å². The van der Waals surface area contributed by atoms with Gasteiger partial charge in [0, 0.05) is 29.7 Å². The fourth-order valence-corrected chi connectivity index (χ4v) is 3.82. The molecule has 0 saturated carbocycles. The summed E-state index contributed by atoms with van der Waals surface area (Å²) in [6, 6.07) is 4.63. The summed E-state index contributed by atoms with van der Waals surface area (Å²) in [5, 5.41) is 10.6. The molecular weight excluding hydrogens is 264 g/mol. The van der Waals surface area contributed by atoms with Gasteiger partial charge in [-0.15, -0.1) is 0 Å². The van der Waals surface area contributed by atoms with Crippen LogP contribution in [0, 0.1) is 12.8 Å². The lowest BCUT2D eigenvalue weighted by Crippen LogP contribution is -2.44. The maximum atomic E-state index is 11.4. The summed E-state index contributed by atoms with van der Waals surface area (Å²) in [5.41, 5.74) is 6.07. The van der Waals surface area contributed by atoms with Crippen molar-refractivity contribution in [2.75, 3.05) is 13.6 Å². The van der Waals surface area contributed by atoms with Crippen molar-refractivity contribution in [3.8, 4) is 0 Å². The molecule has 2 atom stereocenters. The van der Waals surface area contributed by atoms with Crippen LogP contribution in [0.3, 0.4) is 0 Å². The second-order valence-electron chi connectivity index (χ2n) is 6.28. The minimum atomic E-state index is -0.739. The first-order chi connectivity index (χ1) is 10.0. The van der Waals surface area contributed by atoms with E-state index in [1.54, 1.807) is 0 Å². The molecule has 1 aromatic carbocycles. The molecule has 2 N–H and O–H groups in total. The van der Waals surface area contributed by atoms with E-state index in [2.05, 4.69) is 35.1 Å². The summed E-state index contributed by atoms with van der Waals surface area (Å²) in [4.78, 5) is 16.9. The molecule has 0 radical (unpaired) electrons. The van der Waals surface area contributed by atoms with Crippen molar-refractivity contribution in [2.24, 2.45) is 5.92 Å². The summed E-state index contributed by atoms with van der Waals surface area (Å²) in [5.74, 6) is -1.16. The van der Waals surface area contributed by atoms with Gasteiger partial charge in [0.15, 0.2) is 0 Å². The van der Waals surface area contributed by atoms with Crippen LogP contribution in [0.4, 0.5) is 0 Å². The number of hydrogen-bond acceptors (Lipinski definition) is 2. The smallest absolute Gasteiger partial charge is 0.311 e. The molecule has 0 amide bonds. The Labute approximate surface area is 123 Å². The number of nitrogens with one attached hydrogen (secondary N) is 1. The summed E-state index contributed by atoms with van der Waals surface area (Å²) in [6.45, 7) is 2.67. The average Bonchev–Trinajstić information content (AvgIpc) is 2.83. The van der Waals surface area contributed by atoms with Gasteiger partial charge in [-0.25, -0.2) is 0 Å². The first kappa shape index (κ1) is 12.7. The van der Waals surface area contributed by atoms with E-state index < -0.39 is 11.9 Å². The number of benzene rings is 1. The van der Waals surface area contributed by atoms with Crippen LogP contribution in [0.25, 0.3) is 16.5 Å². The Bertz CT molecular complexity index is 787. The maximum Gasteiger partial charge on any atom is 0.311 e. The molecule has 2 unspecified atom stereocenters. The zero-order valence-electron chi connectivity index (χ0n) is 12.2. The van der Waals surface area contributed by atoms with Crippen LogP contribution in [-0.4, -0.2) is 40.6 Å². The number of aromatic nitrogens is 1. The fraction of sp³-hybridized carbons (Fsp3) is 0.353. The number of carbonyl (C=O) groups is 1. The lowest BCUT2D eigenvalue weighted by atomic mass is 9.79. The number of nitrogens with zero attached hydrogens (tertiary/aromatic N) is 1. The van der Waals surface area contributed by atoms with Crippen LogP contribution in [0.1, 0.15) is 16.7 Å². The van der Waals surface area contributed by atoms with Crippen molar-refractivity contribution >= 4 is 22.4 Å². The second-order valence-corrected chi connectivity index (χ2v) is 6.28. The molecule has 4 rings (SSSR count). The van der Waals surface area contributed by atoms with Gasteiger partial charge in [0.05, 0.1) is 5.92 Å². The van der Waals surface area contributed by atoms with Crippen LogP contribution in [0.5, 0.6) is 0 Å². The van der Waals surface area contributed by atoms with Crippen molar-refractivity contribution < 1.29 is 9.90 Å². The highest BCUT2D eigenvalue weighted by Crippen LogP contribution is 2.41. The van der Waals surface area contributed by atoms with Gasteiger partial charge < -0.3 is 10.1 Å². The quantitative estimate of drug-likeness (QED) is 0.844. The van der Waals surface area contributed by atoms with E-state index >= 15 is 0 Å². The molecule has 4 nitrogen and oxygen atoms in total. The summed E-state index contributed by atoms with van der Waals surface area (Å²) in [7, 11) is 2.03. The Hall–Kier alpha value is -2.07. The normalized spacial score (nSPS) is 24.8. The lowest BCUT2D eigenvalue weighted by molar-refractivity contribution is -0.140. The van der Waals surface area contributed by atoms with Crippen LogP contribution in [0.2, 0.25) is 0 Å². The Balaban J connectivity index is 1.98. The number of hydrogen-bond donors (Lipinski definition) is 2. The fourth-order valence-electron chi connectivity index (χ4n) is 3.82. The first-order valence-corrected chi connectivity index (χ1v) is 7.30. The van der Waals surface area contributed by atoms with Gasteiger partial charge in [0.1, 0.15) is 0 Å². The monoisotopic (exact) mass is 282 g/mol. The molecule has 0 fully saturated rings. The van der Waals surface area contributed by atoms with Crippen molar-refractivity contribution in [1.82, 2.24) is 9.88 Å². The zero-order chi connectivity index (χ0) is 14.7. The standard InChI is InChI=1S/C17H18N2O2/c1-9-3-13-12-5-11(17(20)21)8-19(2)15(12)6-10-7-18-14(4-9)16(10)13/h3-5,7,11,15,18H,6,8H2,1-2H3,(H,20,21). The van der Waals surface area contributed by atoms with Gasteiger partial charge >= 0.3 is 5.97 Å². The van der Waals surface area contributed by atoms with Crippen molar-refractivity contribution in [2.45, 2.75) is 19.4 Å². The van der Waals surface area contributed by atoms with Crippen molar-refractivity contribution in [3.63, 3.8) is 0 Å². The number of carboxylic acid groups (broad SMARTS) is 1. The van der Waals surface area contributed by atoms with E-state index in [1.165, 1.54) is 27.6 Å². The Kier molecular flexibility index (Phi) is 2.54. The summed E-state index contributed by atoms with van der Waals surface area (Å²) >= 11 is 0. The van der Waals surface area contributed by atoms with E-state index in [4.69, 9.17) is 0 Å². The lowest BCUT2D eigenvalue weighted by Gasteiger charge is -2.39. The number of carboxylic acids is 1. The molecule has 21 heavy (non-hydrogen) atoms. The minimum Gasteiger partial charge on any atom is -0.481 e. The molecule has 108 valence electrons. The van der Waals surface area contributed by atoms with E-state index in [9.17, 15) is 9.90 Å². The van der Waals surface area contributed by atoms with Crippen molar-refractivity contribution in [3.05, 3.63) is 41.1 Å². The molecule has 0 bridgehead atoms. The van der Waals surface area contributed by atoms with E-state index in [0.29, 0.717) is 6.54 Å². The number of aliphatic carboxylic acids is 1. The zero-order valence-corrected chi connectivity index (χ0v) is 12.2. The third-order valence-corrected chi connectivity index (χ3v) is 4.80. The predicted molar refractivity (Wildman–Crippen MR) is 82.3 cm³/mol. The molecule has 0 spiro atoms. The van der Waals surface area contributed by atoms with Crippen LogP contribution < -0.4 is 0 Å². The third kappa shape index (κ3) is 1.75. The largest absolute Gasteiger partial charge is 0.481 e. The highest BCUT2D eigenvalue weighted by molar-refractivity contribution is 5.99. The predicted octanol–water partition coefficient (Wildman–Crippen LogP) is 2.43. The Morgan fingerprint density at radius 2 is 2.24 bits per heavy atom. The second kappa shape index (κ2) is 4.21. The third-order valence-electron chi connectivity index (χ3n) is 4.80. The number of aromatic amines is 1. The topological polar surface area (TPSA) is 56.3 Å². The number of likely N-dealkylation sites (N-methyl/N-ethyl adjacent to an activating group) is 1. The maximum absolute atomic E-state index is 11.4. The van der Waals surface area contributed by atoms with Crippen LogP contribution in [0.15, 0.2) is 24.4 Å². The van der Waals surface area contributed by atoms with Crippen LogP contribution >= 0.6 is 0 Å². The Morgan fingerprint density at radius 1 is 1.43 bits per heavy atom. The molecule has 2 heterocycles. The highest BCUT2D eigenvalue weighted by atomic mass is 16.4.